The van der Waals surface area contributed by atoms with Gasteiger partial charge >= 0.3 is 0 Å². The Morgan fingerprint density at radius 3 is 2.84 bits per heavy atom. The number of sulfonamides is 1. The number of aromatic nitrogens is 3. The van der Waals surface area contributed by atoms with Crippen molar-refractivity contribution < 1.29 is 8.42 Å². The van der Waals surface area contributed by atoms with E-state index in [2.05, 4.69) is 14.7 Å². The molecule has 0 bridgehead atoms. The number of pyridine rings is 1. The van der Waals surface area contributed by atoms with Crippen molar-refractivity contribution >= 4 is 10.0 Å². The van der Waals surface area contributed by atoms with E-state index in [-0.39, 0.29) is 16.5 Å². The van der Waals surface area contributed by atoms with Gasteiger partial charge < -0.3 is 9.55 Å². The first-order chi connectivity index (χ1) is 8.97. The molecule has 19 heavy (non-hydrogen) atoms. The highest BCUT2D eigenvalue weighted by molar-refractivity contribution is 7.89. The monoisotopic (exact) mass is 282 g/mol. The van der Waals surface area contributed by atoms with Crippen molar-refractivity contribution in [2.75, 3.05) is 0 Å². The maximum Gasteiger partial charge on any atom is 0.247 e. The minimum absolute atomic E-state index is 0.0320. The average Bonchev–Trinajstić information content (AvgIpc) is 2.81. The van der Waals surface area contributed by atoms with Gasteiger partial charge in [-0.3, -0.25) is 4.79 Å². The number of H-pyrrole nitrogens is 1. The van der Waals surface area contributed by atoms with Crippen LogP contribution >= 0.6 is 0 Å². The van der Waals surface area contributed by atoms with E-state index in [0.29, 0.717) is 6.54 Å². The van der Waals surface area contributed by atoms with Crippen LogP contribution in [0.3, 0.4) is 0 Å². The molecule has 0 aliphatic rings. The normalized spacial score (nSPS) is 13.3. The van der Waals surface area contributed by atoms with Crippen molar-refractivity contribution in [1.29, 1.82) is 0 Å². The van der Waals surface area contributed by atoms with E-state index in [9.17, 15) is 13.2 Å². The maximum absolute atomic E-state index is 12.0. The Bertz CT molecular complexity index is 670. The Morgan fingerprint density at radius 2 is 2.26 bits per heavy atom. The average molecular weight is 282 g/mol. The number of nitrogens with one attached hydrogen (secondary N) is 2. The molecule has 102 valence electrons. The second-order valence-electron chi connectivity index (χ2n) is 4.17. The Kier molecular flexibility index (Phi) is 3.82. The molecule has 1 atom stereocenters. The highest BCUT2D eigenvalue weighted by Gasteiger charge is 2.17. The maximum atomic E-state index is 12.0. The third-order valence-electron chi connectivity index (χ3n) is 2.47. The fraction of sp³-hybridized carbons (Fsp3) is 0.273. The minimum atomic E-state index is -3.63. The van der Waals surface area contributed by atoms with E-state index in [1.54, 1.807) is 30.2 Å². The topological polar surface area (TPSA) is 96.8 Å². The van der Waals surface area contributed by atoms with Gasteiger partial charge in [-0.05, 0) is 13.0 Å². The van der Waals surface area contributed by atoms with E-state index < -0.39 is 10.0 Å². The lowest BCUT2D eigenvalue weighted by Gasteiger charge is -2.14. The van der Waals surface area contributed by atoms with Crippen molar-refractivity contribution in [2.24, 2.45) is 0 Å². The number of hydrogen-bond acceptors (Lipinski definition) is 4. The summed E-state index contributed by atoms with van der Waals surface area (Å²) < 4.78 is 28.4. The van der Waals surface area contributed by atoms with E-state index in [0.717, 1.165) is 0 Å². The fourth-order valence-corrected chi connectivity index (χ4v) is 2.85. The molecular weight excluding hydrogens is 268 g/mol. The summed E-state index contributed by atoms with van der Waals surface area (Å²) in [6, 6.07) is 2.14. The third kappa shape index (κ3) is 3.52. The molecule has 2 aromatic rings. The van der Waals surface area contributed by atoms with Crippen LogP contribution < -0.4 is 10.3 Å². The van der Waals surface area contributed by atoms with Crippen LogP contribution in [0.15, 0.2) is 46.7 Å². The van der Waals surface area contributed by atoms with Gasteiger partial charge in [0.15, 0.2) is 0 Å². The van der Waals surface area contributed by atoms with Gasteiger partial charge in [0.1, 0.15) is 0 Å². The molecule has 0 radical (unpaired) electrons. The largest absolute Gasteiger partial charge is 0.336 e. The van der Waals surface area contributed by atoms with Gasteiger partial charge in [0.2, 0.25) is 15.6 Å². The smallest absolute Gasteiger partial charge is 0.247 e. The minimum Gasteiger partial charge on any atom is -0.336 e. The molecule has 2 N–H and O–H groups in total. The van der Waals surface area contributed by atoms with E-state index in [1.165, 1.54) is 18.3 Å². The lowest BCUT2D eigenvalue weighted by atomic mass is 10.4. The number of imidazole rings is 1. The molecule has 0 aliphatic heterocycles. The number of nitrogens with zero attached hydrogens (tertiary/aromatic N) is 2. The van der Waals surface area contributed by atoms with Crippen LogP contribution in [0.1, 0.15) is 6.92 Å². The zero-order valence-electron chi connectivity index (χ0n) is 10.3. The molecule has 1 unspecified atom stereocenters. The fourth-order valence-electron chi connectivity index (χ4n) is 1.64. The van der Waals surface area contributed by atoms with Gasteiger partial charge in [-0.15, -0.1) is 0 Å². The Morgan fingerprint density at radius 1 is 1.47 bits per heavy atom. The molecule has 0 saturated heterocycles. The highest BCUT2D eigenvalue weighted by atomic mass is 32.2. The third-order valence-corrected chi connectivity index (χ3v) is 4.05. The van der Waals surface area contributed by atoms with Crippen LogP contribution in [0.2, 0.25) is 0 Å². The first kappa shape index (κ1) is 13.5. The van der Waals surface area contributed by atoms with Gasteiger partial charge in [0, 0.05) is 37.2 Å². The molecule has 2 rings (SSSR count). The van der Waals surface area contributed by atoms with Crippen LogP contribution in [0.5, 0.6) is 0 Å². The van der Waals surface area contributed by atoms with Crippen molar-refractivity contribution in [3.05, 3.63) is 47.4 Å². The molecule has 8 heteroatoms. The first-order valence-electron chi connectivity index (χ1n) is 5.64. The molecule has 0 fully saturated rings. The predicted molar refractivity (Wildman–Crippen MR) is 69.1 cm³/mol. The van der Waals surface area contributed by atoms with E-state index in [1.807, 2.05) is 0 Å². The SMILES string of the molecule is CC(Cn1ccnc1)NS(=O)(=O)c1ccc(=O)[nH]c1. The van der Waals surface area contributed by atoms with Crippen LogP contribution in [0.4, 0.5) is 0 Å². The van der Waals surface area contributed by atoms with Crippen LogP contribution in [-0.4, -0.2) is 29.0 Å². The van der Waals surface area contributed by atoms with Crippen molar-refractivity contribution in [3.63, 3.8) is 0 Å². The first-order valence-corrected chi connectivity index (χ1v) is 7.12. The zero-order chi connectivity index (χ0) is 13.9. The summed E-state index contributed by atoms with van der Waals surface area (Å²) in [6.45, 7) is 2.23. The lowest BCUT2D eigenvalue weighted by Crippen LogP contribution is -2.35. The number of aromatic amines is 1. The van der Waals surface area contributed by atoms with Gasteiger partial charge in [-0.2, -0.15) is 0 Å². The number of rotatable bonds is 5. The van der Waals surface area contributed by atoms with E-state index >= 15 is 0 Å². The van der Waals surface area contributed by atoms with Crippen molar-refractivity contribution in [2.45, 2.75) is 24.4 Å². The van der Waals surface area contributed by atoms with Crippen molar-refractivity contribution in [1.82, 2.24) is 19.3 Å². The molecule has 2 heterocycles. The summed E-state index contributed by atoms with van der Waals surface area (Å²) in [4.78, 5) is 17.2. The molecule has 7 nitrogen and oxygen atoms in total. The summed E-state index contributed by atoms with van der Waals surface area (Å²) in [6.07, 6.45) is 6.17. The molecular formula is C11H14N4O3S. The van der Waals surface area contributed by atoms with Crippen LogP contribution in [-0.2, 0) is 16.6 Å². The van der Waals surface area contributed by atoms with Crippen LogP contribution in [0.25, 0.3) is 0 Å². The summed E-state index contributed by atoms with van der Waals surface area (Å²) in [7, 11) is -3.63. The van der Waals surface area contributed by atoms with Gasteiger partial charge in [-0.25, -0.2) is 18.1 Å². The summed E-state index contributed by atoms with van der Waals surface area (Å²) in [5.74, 6) is 0. The quantitative estimate of drug-likeness (QED) is 0.802. The summed E-state index contributed by atoms with van der Waals surface area (Å²) in [5, 5.41) is 0. The Hall–Kier alpha value is -1.93. The second-order valence-corrected chi connectivity index (χ2v) is 5.88. The van der Waals surface area contributed by atoms with Gasteiger partial charge in [0.05, 0.1) is 11.2 Å². The molecule has 0 aromatic carbocycles. The number of hydrogen-bond donors (Lipinski definition) is 2. The van der Waals surface area contributed by atoms with Crippen molar-refractivity contribution in [3.8, 4) is 0 Å². The van der Waals surface area contributed by atoms with Gasteiger partial charge in [-0.1, -0.05) is 0 Å². The standard InChI is InChI=1S/C11H14N4O3S/c1-9(7-15-5-4-12-8-15)14-19(17,18)10-2-3-11(16)13-6-10/h2-6,8-9,14H,7H2,1H3,(H,13,16). The molecule has 0 aliphatic carbocycles. The van der Waals surface area contributed by atoms with Gasteiger partial charge in [0.25, 0.3) is 0 Å². The lowest BCUT2D eigenvalue weighted by molar-refractivity contribution is 0.520. The summed E-state index contributed by atoms with van der Waals surface area (Å²) >= 11 is 0. The highest BCUT2D eigenvalue weighted by Crippen LogP contribution is 2.05. The molecule has 0 amide bonds. The Balaban J connectivity index is 2.08. The summed E-state index contributed by atoms with van der Waals surface area (Å²) in [5.41, 5.74) is -0.342. The predicted octanol–water partition coefficient (Wildman–Crippen LogP) is -0.0616. The molecule has 0 saturated carbocycles. The molecule has 2 aromatic heterocycles. The zero-order valence-corrected chi connectivity index (χ0v) is 11.1. The second kappa shape index (κ2) is 5.37. The van der Waals surface area contributed by atoms with Crippen LogP contribution in [0, 0.1) is 0 Å². The molecule has 0 spiro atoms. The van der Waals surface area contributed by atoms with E-state index in [4.69, 9.17) is 0 Å². The Labute approximate surface area is 110 Å².